The second-order valence-corrected chi connectivity index (χ2v) is 8.18. The van der Waals surface area contributed by atoms with Gasteiger partial charge in [0.2, 0.25) is 0 Å². The van der Waals surface area contributed by atoms with Crippen LogP contribution in [0.2, 0.25) is 5.02 Å². The van der Waals surface area contributed by atoms with E-state index in [4.69, 9.17) is 16.3 Å². The van der Waals surface area contributed by atoms with Gasteiger partial charge in [0.15, 0.2) is 5.96 Å². The largest absolute Gasteiger partial charge is 0.379 e. The Morgan fingerprint density at radius 1 is 1.31 bits per heavy atom. The van der Waals surface area contributed by atoms with Crippen LogP contribution in [0.25, 0.3) is 10.9 Å². The summed E-state index contributed by atoms with van der Waals surface area (Å²) in [6.45, 7) is 8.08. The second-order valence-electron chi connectivity index (χ2n) is 7.74. The molecule has 0 aliphatic carbocycles. The third-order valence-corrected chi connectivity index (χ3v) is 6.06. The molecule has 8 heteroatoms. The van der Waals surface area contributed by atoms with E-state index in [-0.39, 0.29) is 24.0 Å². The summed E-state index contributed by atoms with van der Waals surface area (Å²) < 4.78 is 5.46. The number of guanidine groups is 1. The van der Waals surface area contributed by atoms with E-state index in [9.17, 15) is 0 Å². The molecular formula is C21H31ClIN5O. The number of nitrogens with zero attached hydrogens (tertiary/aromatic N) is 3. The molecule has 0 saturated carbocycles. The first-order valence-corrected chi connectivity index (χ1v) is 10.6. The van der Waals surface area contributed by atoms with Crippen molar-refractivity contribution in [3.63, 3.8) is 0 Å². The van der Waals surface area contributed by atoms with Crippen molar-refractivity contribution in [3.05, 3.63) is 35.0 Å². The minimum absolute atomic E-state index is 0. The average Bonchev–Trinajstić information content (AvgIpc) is 3.33. The fraction of sp³-hybridized carbons (Fsp3) is 0.571. The number of rotatable bonds is 5. The van der Waals surface area contributed by atoms with E-state index in [1.54, 1.807) is 0 Å². The summed E-state index contributed by atoms with van der Waals surface area (Å²) in [6, 6.07) is 5.99. The van der Waals surface area contributed by atoms with Crippen molar-refractivity contribution < 1.29 is 4.74 Å². The lowest BCUT2D eigenvalue weighted by atomic mass is 10.1. The minimum atomic E-state index is 0. The molecule has 1 aromatic heterocycles. The highest BCUT2D eigenvalue weighted by atomic mass is 127. The van der Waals surface area contributed by atoms with Crippen LogP contribution in [0.3, 0.4) is 0 Å². The summed E-state index contributed by atoms with van der Waals surface area (Å²) in [7, 11) is 1.88. The van der Waals surface area contributed by atoms with Gasteiger partial charge in [-0.15, -0.1) is 24.0 Å². The molecule has 29 heavy (non-hydrogen) atoms. The van der Waals surface area contributed by atoms with Gasteiger partial charge in [0.05, 0.1) is 13.2 Å². The highest BCUT2D eigenvalue weighted by molar-refractivity contribution is 14.0. The maximum Gasteiger partial charge on any atom is 0.193 e. The molecule has 1 atom stereocenters. The number of halogens is 2. The Balaban J connectivity index is 0.00000240. The van der Waals surface area contributed by atoms with Crippen molar-refractivity contribution in [3.8, 4) is 0 Å². The molecule has 1 aromatic carbocycles. The number of aliphatic imine (C=N–C) groups is 1. The van der Waals surface area contributed by atoms with Crippen LogP contribution >= 0.6 is 35.6 Å². The van der Waals surface area contributed by atoms with Crippen LogP contribution < -0.4 is 5.32 Å². The summed E-state index contributed by atoms with van der Waals surface area (Å²) in [6.07, 6.45) is 4.25. The lowest BCUT2D eigenvalue weighted by molar-refractivity contribution is 0.0315. The molecule has 160 valence electrons. The van der Waals surface area contributed by atoms with Crippen LogP contribution in [-0.2, 0) is 11.2 Å². The molecule has 6 nitrogen and oxygen atoms in total. The number of hydrogen-bond acceptors (Lipinski definition) is 3. The molecule has 4 rings (SSSR count). The molecular weight excluding hydrogens is 501 g/mol. The molecule has 2 aliphatic rings. The molecule has 2 N–H and O–H groups in total. The van der Waals surface area contributed by atoms with Crippen LogP contribution in [0.5, 0.6) is 0 Å². The highest BCUT2D eigenvalue weighted by Gasteiger charge is 2.27. The Hall–Kier alpha value is -1.03. The van der Waals surface area contributed by atoms with E-state index in [1.807, 2.05) is 25.2 Å². The molecule has 2 aromatic rings. The van der Waals surface area contributed by atoms with Gasteiger partial charge in [0, 0.05) is 68.4 Å². The number of H-pyrrole nitrogens is 1. The number of aromatic amines is 1. The fourth-order valence-electron chi connectivity index (χ4n) is 4.32. The molecule has 0 radical (unpaired) electrons. The summed E-state index contributed by atoms with van der Waals surface area (Å²) in [5, 5.41) is 5.53. The van der Waals surface area contributed by atoms with E-state index < -0.39 is 0 Å². The lowest BCUT2D eigenvalue weighted by Crippen LogP contribution is -2.42. The van der Waals surface area contributed by atoms with Crippen molar-refractivity contribution in [1.82, 2.24) is 20.1 Å². The minimum Gasteiger partial charge on any atom is -0.379 e. The van der Waals surface area contributed by atoms with Crippen LogP contribution in [0, 0.1) is 5.92 Å². The van der Waals surface area contributed by atoms with Gasteiger partial charge < -0.3 is 19.9 Å². The number of fused-ring (bicyclic) bond motifs is 1. The summed E-state index contributed by atoms with van der Waals surface area (Å²) in [4.78, 5) is 12.8. The van der Waals surface area contributed by atoms with Crippen molar-refractivity contribution >= 4 is 52.4 Å². The van der Waals surface area contributed by atoms with E-state index in [1.165, 1.54) is 23.9 Å². The van der Waals surface area contributed by atoms with Gasteiger partial charge in [-0.1, -0.05) is 11.6 Å². The van der Waals surface area contributed by atoms with Gasteiger partial charge in [-0.25, -0.2) is 0 Å². The van der Waals surface area contributed by atoms with Gasteiger partial charge >= 0.3 is 0 Å². The fourth-order valence-corrected chi connectivity index (χ4v) is 4.49. The van der Waals surface area contributed by atoms with Gasteiger partial charge in [0.25, 0.3) is 0 Å². The summed E-state index contributed by atoms with van der Waals surface area (Å²) in [5.74, 6) is 1.73. The molecule has 0 amide bonds. The van der Waals surface area contributed by atoms with Crippen LogP contribution in [0.15, 0.2) is 29.4 Å². The smallest absolute Gasteiger partial charge is 0.193 e. The number of likely N-dealkylation sites (tertiary alicyclic amines) is 1. The maximum atomic E-state index is 6.16. The van der Waals surface area contributed by atoms with Crippen LogP contribution in [0.1, 0.15) is 12.0 Å². The number of hydrogen-bond donors (Lipinski definition) is 2. The standard InChI is InChI=1S/C21H30ClN5O.HI/c1-23-21(27-7-5-16(15-27)14-26-8-10-28-11-9-26)24-6-4-17-13-25-20-3-2-18(22)12-19(17)20;/h2-3,12-13,16,25H,4-11,14-15H2,1H3,(H,23,24);1H. The van der Waals surface area contributed by atoms with E-state index in [2.05, 4.69) is 31.3 Å². The molecule has 1 unspecified atom stereocenters. The third kappa shape index (κ3) is 5.77. The number of nitrogens with one attached hydrogen (secondary N) is 2. The number of benzene rings is 1. The van der Waals surface area contributed by atoms with Crippen molar-refractivity contribution in [2.75, 3.05) is 59.5 Å². The van der Waals surface area contributed by atoms with Crippen molar-refractivity contribution in [2.24, 2.45) is 10.9 Å². The molecule has 2 fully saturated rings. The van der Waals surface area contributed by atoms with Gasteiger partial charge in [-0.3, -0.25) is 9.89 Å². The molecule has 0 bridgehead atoms. The first-order chi connectivity index (χ1) is 13.7. The van der Waals surface area contributed by atoms with Gasteiger partial charge in [-0.2, -0.15) is 0 Å². The topological polar surface area (TPSA) is 55.9 Å². The normalized spacial score (nSPS) is 20.8. The second kappa shape index (κ2) is 10.8. The Morgan fingerprint density at radius 3 is 2.93 bits per heavy atom. The molecule has 2 aliphatic heterocycles. The molecule has 2 saturated heterocycles. The number of aromatic nitrogens is 1. The molecule has 3 heterocycles. The van der Waals surface area contributed by atoms with E-state index >= 15 is 0 Å². The van der Waals surface area contributed by atoms with Gasteiger partial charge in [-0.05, 0) is 42.5 Å². The highest BCUT2D eigenvalue weighted by Crippen LogP contribution is 2.23. The summed E-state index contributed by atoms with van der Waals surface area (Å²) in [5.41, 5.74) is 2.42. The molecule has 0 spiro atoms. The third-order valence-electron chi connectivity index (χ3n) is 5.82. The number of ether oxygens (including phenoxy) is 1. The maximum absolute atomic E-state index is 6.16. The first-order valence-electron chi connectivity index (χ1n) is 10.2. The zero-order valence-electron chi connectivity index (χ0n) is 17.0. The Labute approximate surface area is 195 Å². The Bertz CT molecular complexity index is 821. The van der Waals surface area contributed by atoms with Crippen molar-refractivity contribution in [1.29, 1.82) is 0 Å². The quantitative estimate of drug-likeness (QED) is 0.353. The van der Waals surface area contributed by atoms with Crippen molar-refractivity contribution in [2.45, 2.75) is 12.8 Å². The summed E-state index contributed by atoms with van der Waals surface area (Å²) >= 11 is 6.16. The first kappa shape index (κ1) is 22.7. The Morgan fingerprint density at radius 2 is 2.14 bits per heavy atom. The Kier molecular flexibility index (Phi) is 8.46. The predicted octanol–water partition coefficient (Wildman–Crippen LogP) is 3.21. The monoisotopic (exact) mass is 531 g/mol. The average molecular weight is 532 g/mol. The van der Waals surface area contributed by atoms with Gasteiger partial charge in [0.1, 0.15) is 0 Å². The zero-order valence-corrected chi connectivity index (χ0v) is 20.1. The SMILES string of the molecule is CN=C(NCCc1c[nH]c2ccc(Cl)cc12)N1CCC(CN2CCOCC2)C1.I. The zero-order chi connectivity index (χ0) is 19.3. The number of morpholine rings is 1. The predicted molar refractivity (Wildman–Crippen MR) is 131 cm³/mol. The van der Waals surface area contributed by atoms with E-state index in [0.717, 1.165) is 68.9 Å². The van der Waals surface area contributed by atoms with Crippen LogP contribution in [-0.4, -0.2) is 80.3 Å². The lowest BCUT2D eigenvalue weighted by Gasteiger charge is -2.29. The van der Waals surface area contributed by atoms with Crippen LogP contribution in [0.4, 0.5) is 0 Å². The van der Waals surface area contributed by atoms with E-state index in [0.29, 0.717) is 5.92 Å².